The maximum atomic E-state index is 6.10. The Morgan fingerprint density at radius 1 is 1.33 bits per heavy atom. The maximum absolute atomic E-state index is 6.10. The minimum absolute atomic E-state index is 0.0788. The lowest BCUT2D eigenvalue weighted by molar-refractivity contribution is 0.586. The van der Waals surface area contributed by atoms with Crippen molar-refractivity contribution in [2.24, 2.45) is 7.05 Å². The van der Waals surface area contributed by atoms with Gasteiger partial charge in [0.1, 0.15) is 5.15 Å². The number of halogens is 1. The van der Waals surface area contributed by atoms with E-state index in [2.05, 4.69) is 25.9 Å². The normalized spacial score (nSPS) is 12.2. The number of hydrogen-bond acceptors (Lipinski definition) is 1. The summed E-state index contributed by atoms with van der Waals surface area (Å²) >= 11 is 6.10. The topological polar surface area (TPSA) is 17.8 Å². The molecule has 1 aromatic rings. The summed E-state index contributed by atoms with van der Waals surface area (Å²) in [4.78, 5) is 0. The van der Waals surface area contributed by atoms with Crippen molar-refractivity contribution in [1.29, 1.82) is 0 Å². The van der Waals surface area contributed by atoms with Crippen molar-refractivity contribution < 1.29 is 0 Å². The zero-order chi connectivity index (χ0) is 9.52. The van der Waals surface area contributed by atoms with Crippen LogP contribution in [-0.4, -0.2) is 9.78 Å². The molecule has 0 spiro atoms. The predicted octanol–water partition coefficient (Wildman–Crippen LogP) is 2.68. The van der Waals surface area contributed by atoms with Gasteiger partial charge in [0, 0.05) is 12.6 Å². The Hall–Kier alpha value is -0.500. The average molecular weight is 187 g/mol. The lowest BCUT2D eigenvalue weighted by atomic mass is 9.87. The van der Waals surface area contributed by atoms with Gasteiger partial charge >= 0.3 is 0 Å². The first-order valence-corrected chi connectivity index (χ1v) is 4.41. The van der Waals surface area contributed by atoms with Crippen LogP contribution in [0.2, 0.25) is 5.15 Å². The Balaban J connectivity index is 3.32. The van der Waals surface area contributed by atoms with Crippen LogP contribution in [0.15, 0.2) is 0 Å². The van der Waals surface area contributed by atoms with Crippen LogP contribution >= 0.6 is 11.6 Å². The summed E-state index contributed by atoms with van der Waals surface area (Å²) in [5.74, 6) is 0. The smallest absolute Gasteiger partial charge is 0.130 e. The first-order chi connectivity index (χ1) is 5.34. The van der Waals surface area contributed by atoms with E-state index < -0.39 is 0 Å². The van der Waals surface area contributed by atoms with Crippen molar-refractivity contribution in [2.75, 3.05) is 0 Å². The molecule has 0 saturated heterocycles. The van der Waals surface area contributed by atoms with Crippen molar-refractivity contribution in [3.63, 3.8) is 0 Å². The van der Waals surface area contributed by atoms with Gasteiger partial charge in [-0.15, -0.1) is 0 Å². The number of aryl methyl sites for hydroxylation is 2. The number of rotatable bonds is 0. The first kappa shape index (κ1) is 9.59. The molecule has 1 heterocycles. The summed E-state index contributed by atoms with van der Waals surface area (Å²) in [6, 6.07) is 0. The second-order valence-electron chi connectivity index (χ2n) is 4.12. The molecule has 2 nitrogen and oxygen atoms in total. The van der Waals surface area contributed by atoms with Gasteiger partial charge in [-0.1, -0.05) is 32.4 Å². The molecule has 0 aliphatic rings. The molecule has 12 heavy (non-hydrogen) atoms. The van der Waals surface area contributed by atoms with E-state index in [1.165, 1.54) is 0 Å². The van der Waals surface area contributed by atoms with E-state index in [1.54, 1.807) is 4.68 Å². The van der Waals surface area contributed by atoms with E-state index in [9.17, 15) is 0 Å². The Morgan fingerprint density at radius 3 is 2.00 bits per heavy atom. The molecular formula is C9H15ClN2. The lowest BCUT2D eigenvalue weighted by Gasteiger charge is -2.18. The van der Waals surface area contributed by atoms with Crippen molar-refractivity contribution in [2.45, 2.75) is 33.1 Å². The van der Waals surface area contributed by atoms with Gasteiger partial charge in [0.25, 0.3) is 0 Å². The zero-order valence-electron chi connectivity index (χ0n) is 8.27. The molecule has 68 valence electrons. The highest BCUT2D eigenvalue weighted by Gasteiger charge is 2.23. The number of aromatic nitrogens is 2. The van der Waals surface area contributed by atoms with E-state index in [4.69, 9.17) is 11.6 Å². The molecule has 0 fully saturated rings. The molecule has 0 bridgehead atoms. The van der Waals surface area contributed by atoms with Crippen LogP contribution in [0.3, 0.4) is 0 Å². The largest absolute Gasteiger partial charge is 0.257 e. The molecule has 0 atom stereocenters. The fourth-order valence-electron chi connectivity index (χ4n) is 1.48. The number of hydrogen-bond donors (Lipinski definition) is 0. The molecule has 0 aliphatic carbocycles. The summed E-state index contributed by atoms with van der Waals surface area (Å²) < 4.78 is 1.72. The van der Waals surface area contributed by atoms with Gasteiger partial charge in [-0.3, -0.25) is 4.68 Å². The standard InChI is InChI=1S/C9H15ClN2/c1-6-7(9(2,3)4)8(10)12(5)11-6/h1-5H3. The molecule has 3 heteroatoms. The molecular weight excluding hydrogens is 172 g/mol. The Kier molecular flexibility index (Phi) is 2.21. The average Bonchev–Trinajstić information content (AvgIpc) is 2.05. The van der Waals surface area contributed by atoms with Crippen LogP contribution in [0.1, 0.15) is 32.0 Å². The third kappa shape index (κ3) is 1.48. The van der Waals surface area contributed by atoms with Gasteiger partial charge in [-0.2, -0.15) is 5.10 Å². The predicted molar refractivity (Wildman–Crippen MR) is 51.7 cm³/mol. The van der Waals surface area contributed by atoms with Crippen molar-refractivity contribution >= 4 is 11.6 Å². The van der Waals surface area contributed by atoms with Gasteiger partial charge in [-0.25, -0.2) is 0 Å². The van der Waals surface area contributed by atoms with Crippen LogP contribution in [0, 0.1) is 6.92 Å². The van der Waals surface area contributed by atoms with Gasteiger partial charge in [-0.05, 0) is 12.3 Å². The van der Waals surface area contributed by atoms with Gasteiger partial charge in [0.15, 0.2) is 0 Å². The van der Waals surface area contributed by atoms with Crippen molar-refractivity contribution in [3.8, 4) is 0 Å². The fraction of sp³-hybridized carbons (Fsp3) is 0.667. The molecule has 0 N–H and O–H groups in total. The summed E-state index contributed by atoms with van der Waals surface area (Å²) in [5, 5.41) is 5.01. The van der Waals surface area contributed by atoms with Crippen molar-refractivity contribution in [1.82, 2.24) is 9.78 Å². The Bertz CT molecular complexity index is 294. The van der Waals surface area contributed by atoms with E-state index in [0.717, 1.165) is 16.4 Å². The highest BCUT2D eigenvalue weighted by Crippen LogP contribution is 2.31. The molecule has 1 rings (SSSR count). The summed E-state index contributed by atoms with van der Waals surface area (Å²) in [5.41, 5.74) is 2.25. The van der Waals surface area contributed by atoms with Gasteiger partial charge < -0.3 is 0 Å². The van der Waals surface area contributed by atoms with Crippen LogP contribution in [0.4, 0.5) is 0 Å². The molecule has 0 saturated carbocycles. The van der Waals surface area contributed by atoms with E-state index in [1.807, 2.05) is 14.0 Å². The third-order valence-corrected chi connectivity index (χ3v) is 2.34. The van der Waals surface area contributed by atoms with E-state index in [-0.39, 0.29) is 5.41 Å². The first-order valence-electron chi connectivity index (χ1n) is 4.03. The molecule has 0 unspecified atom stereocenters. The lowest BCUT2D eigenvalue weighted by Crippen LogP contribution is -2.12. The van der Waals surface area contributed by atoms with E-state index >= 15 is 0 Å². The second kappa shape index (κ2) is 2.77. The SMILES string of the molecule is Cc1nn(C)c(Cl)c1C(C)(C)C. The Labute approximate surface area is 78.5 Å². The summed E-state index contributed by atoms with van der Waals surface area (Å²) in [6.07, 6.45) is 0. The number of nitrogens with zero attached hydrogens (tertiary/aromatic N) is 2. The summed E-state index contributed by atoms with van der Waals surface area (Å²) in [6.45, 7) is 8.42. The van der Waals surface area contributed by atoms with Crippen LogP contribution in [0.5, 0.6) is 0 Å². The van der Waals surface area contributed by atoms with Gasteiger partial charge in [0.05, 0.1) is 5.69 Å². The van der Waals surface area contributed by atoms with Crippen LogP contribution in [-0.2, 0) is 12.5 Å². The molecule has 0 aliphatic heterocycles. The third-order valence-electron chi connectivity index (χ3n) is 1.90. The highest BCUT2D eigenvalue weighted by molar-refractivity contribution is 6.30. The minimum Gasteiger partial charge on any atom is -0.257 e. The fourth-order valence-corrected chi connectivity index (χ4v) is 1.94. The monoisotopic (exact) mass is 186 g/mol. The summed E-state index contributed by atoms with van der Waals surface area (Å²) in [7, 11) is 1.87. The molecule has 1 aromatic heterocycles. The Morgan fingerprint density at radius 2 is 1.83 bits per heavy atom. The maximum Gasteiger partial charge on any atom is 0.130 e. The highest BCUT2D eigenvalue weighted by atomic mass is 35.5. The quantitative estimate of drug-likeness (QED) is 0.609. The molecule has 0 amide bonds. The van der Waals surface area contributed by atoms with Crippen LogP contribution < -0.4 is 0 Å². The minimum atomic E-state index is 0.0788. The second-order valence-corrected chi connectivity index (χ2v) is 4.48. The zero-order valence-corrected chi connectivity index (χ0v) is 9.03. The van der Waals surface area contributed by atoms with Gasteiger partial charge in [0.2, 0.25) is 0 Å². The van der Waals surface area contributed by atoms with Crippen molar-refractivity contribution in [3.05, 3.63) is 16.4 Å². The molecule has 0 radical (unpaired) electrons. The molecule has 0 aromatic carbocycles. The van der Waals surface area contributed by atoms with Crippen LogP contribution in [0.25, 0.3) is 0 Å². The van der Waals surface area contributed by atoms with E-state index in [0.29, 0.717) is 0 Å².